The molecule has 2 unspecified atom stereocenters. The maximum Gasteiger partial charge on any atom is 0.326 e. The number of rotatable bonds is 3. The number of amides is 2. The number of methoxy groups -OCH3 is 1. The maximum atomic E-state index is 12.1. The van der Waals surface area contributed by atoms with Gasteiger partial charge in [-0.15, -0.1) is 0 Å². The van der Waals surface area contributed by atoms with Gasteiger partial charge in [0, 0.05) is 25.6 Å². The Bertz CT molecular complexity index is 354. The highest BCUT2D eigenvalue weighted by molar-refractivity contribution is 5.84. The molecule has 18 heavy (non-hydrogen) atoms. The van der Waals surface area contributed by atoms with Gasteiger partial charge in [-0.3, -0.25) is 0 Å². The molecule has 0 aromatic heterocycles. The van der Waals surface area contributed by atoms with E-state index < -0.39 is 12.0 Å². The van der Waals surface area contributed by atoms with E-state index in [-0.39, 0.29) is 17.7 Å². The Morgan fingerprint density at radius 2 is 2.11 bits per heavy atom. The van der Waals surface area contributed by atoms with Crippen molar-refractivity contribution < 1.29 is 19.4 Å². The summed E-state index contributed by atoms with van der Waals surface area (Å²) in [5.74, 6) is -0.969. The highest BCUT2D eigenvalue weighted by Crippen LogP contribution is 2.31. The van der Waals surface area contributed by atoms with Gasteiger partial charge in [-0.1, -0.05) is 0 Å². The predicted molar refractivity (Wildman–Crippen MR) is 64.3 cm³/mol. The summed E-state index contributed by atoms with van der Waals surface area (Å²) in [4.78, 5) is 24.7. The molecule has 6 nitrogen and oxygen atoms in total. The van der Waals surface area contributed by atoms with Gasteiger partial charge in [0.05, 0.1) is 6.10 Å². The Kier molecular flexibility index (Phi) is 3.47. The summed E-state index contributed by atoms with van der Waals surface area (Å²) in [6.07, 6.45) is 3.19. The maximum absolute atomic E-state index is 12.1. The van der Waals surface area contributed by atoms with Gasteiger partial charge in [0.2, 0.25) is 0 Å². The summed E-state index contributed by atoms with van der Waals surface area (Å²) in [7, 11) is 1.54. The molecule has 2 atom stereocenters. The van der Waals surface area contributed by atoms with Gasteiger partial charge >= 0.3 is 12.0 Å². The molecule has 1 aliphatic carbocycles. The van der Waals surface area contributed by atoms with E-state index in [1.165, 1.54) is 12.0 Å². The number of hydrogen-bond acceptors (Lipinski definition) is 3. The molecule has 0 aromatic rings. The second kappa shape index (κ2) is 4.76. The SMILES string of the molecule is COC1CC(C(=O)O)N(C(=O)NC2(C)CCC2)C1. The monoisotopic (exact) mass is 256 g/mol. The molecule has 6 heteroatoms. The fourth-order valence-corrected chi connectivity index (χ4v) is 2.59. The zero-order valence-electron chi connectivity index (χ0n) is 10.8. The Morgan fingerprint density at radius 1 is 1.44 bits per heavy atom. The minimum atomic E-state index is -0.969. The minimum Gasteiger partial charge on any atom is -0.480 e. The van der Waals surface area contributed by atoms with Crippen LogP contribution < -0.4 is 5.32 Å². The molecular formula is C12H20N2O4. The average Bonchev–Trinajstić information content (AvgIpc) is 2.71. The normalized spacial score (nSPS) is 29.8. The van der Waals surface area contributed by atoms with E-state index in [9.17, 15) is 9.59 Å². The van der Waals surface area contributed by atoms with E-state index >= 15 is 0 Å². The highest BCUT2D eigenvalue weighted by Gasteiger charge is 2.42. The van der Waals surface area contributed by atoms with Crippen molar-refractivity contribution >= 4 is 12.0 Å². The van der Waals surface area contributed by atoms with Gasteiger partial charge in [-0.2, -0.15) is 0 Å². The minimum absolute atomic E-state index is 0.161. The van der Waals surface area contributed by atoms with Gasteiger partial charge in [0.15, 0.2) is 0 Å². The van der Waals surface area contributed by atoms with Crippen LogP contribution in [0.25, 0.3) is 0 Å². The first-order chi connectivity index (χ1) is 8.45. The number of nitrogens with zero attached hydrogens (tertiary/aromatic N) is 1. The lowest BCUT2D eigenvalue weighted by Gasteiger charge is -2.40. The van der Waals surface area contributed by atoms with E-state index in [1.807, 2.05) is 6.92 Å². The van der Waals surface area contributed by atoms with Crippen LogP contribution in [-0.2, 0) is 9.53 Å². The number of carbonyl (C=O) groups excluding carboxylic acids is 1. The third-order valence-corrected chi connectivity index (χ3v) is 4.01. The van der Waals surface area contributed by atoms with Crippen LogP contribution in [0.5, 0.6) is 0 Å². The first kappa shape index (κ1) is 13.1. The Labute approximate surface area is 106 Å². The van der Waals surface area contributed by atoms with Crippen LogP contribution >= 0.6 is 0 Å². The number of urea groups is 1. The lowest BCUT2D eigenvalue weighted by atomic mass is 9.79. The van der Waals surface area contributed by atoms with Gasteiger partial charge in [-0.05, 0) is 26.2 Å². The largest absolute Gasteiger partial charge is 0.480 e. The van der Waals surface area contributed by atoms with E-state index in [2.05, 4.69) is 5.32 Å². The van der Waals surface area contributed by atoms with Crippen molar-refractivity contribution in [2.75, 3.05) is 13.7 Å². The van der Waals surface area contributed by atoms with Crippen LogP contribution in [0.3, 0.4) is 0 Å². The van der Waals surface area contributed by atoms with Crippen LogP contribution in [-0.4, -0.2) is 53.3 Å². The first-order valence-electron chi connectivity index (χ1n) is 6.29. The number of ether oxygens (including phenoxy) is 1. The van der Waals surface area contributed by atoms with Crippen molar-refractivity contribution in [2.45, 2.75) is 50.3 Å². The van der Waals surface area contributed by atoms with Crippen molar-refractivity contribution in [1.29, 1.82) is 0 Å². The van der Waals surface area contributed by atoms with Gasteiger partial charge in [0.25, 0.3) is 0 Å². The highest BCUT2D eigenvalue weighted by atomic mass is 16.5. The number of aliphatic carboxylic acids is 1. The number of carboxylic acid groups (broad SMARTS) is 1. The van der Waals surface area contributed by atoms with Crippen molar-refractivity contribution in [1.82, 2.24) is 10.2 Å². The molecule has 102 valence electrons. The third kappa shape index (κ3) is 2.43. The van der Waals surface area contributed by atoms with Crippen molar-refractivity contribution in [3.63, 3.8) is 0 Å². The summed E-state index contributed by atoms with van der Waals surface area (Å²) in [5, 5.41) is 12.1. The topological polar surface area (TPSA) is 78.9 Å². The van der Waals surface area contributed by atoms with E-state index in [0.29, 0.717) is 13.0 Å². The lowest BCUT2D eigenvalue weighted by Crippen LogP contribution is -2.57. The molecule has 2 fully saturated rings. The zero-order valence-corrected chi connectivity index (χ0v) is 10.8. The molecule has 2 N–H and O–H groups in total. The fourth-order valence-electron chi connectivity index (χ4n) is 2.59. The molecule has 1 saturated heterocycles. The standard InChI is InChI=1S/C12H20N2O4/c1-12(4-3-5-12)13-11(17)14-7-8(18-2)6-9(14)10(15)16/h8-9H,3-7H2,1-2H3,(H,13,17)(H,15,16). The van der Waals surface area contributed by atoms with Crippen LogP contribution in [0.15, 0.2) is 0 Å². The predicted octanol–water partition coefficient (Wildman–Crippen LogP) is 0.812. The molecule has 2 rings (SSSR count). The van der Waals surface area contributed by atoms with Gasteiger partial charge in [0.1, 0.15) is 6.04 Å². The Balaban J connectivity index is 2.01. The summed E-state index contributed by atoms with van der Waals surface area (Å²) in [5.41, 5.74) is -0.161. The van der Waals surface area contributed by atoms with Gasteiger partial charge in [-0.25, -0.2) is 9.59 Å². The van der Waals surface area contributed by atoms with E-state index in [0.717, 1.165) is 19.3 Å². The Hall–Kier alpha value is -1.30. The number of hydrogen-bond donors (Lipinski definition) is 2. The van der Waals surface area contributed by atoms with Crippen LogP contribution in [0.4, 0.5) is 4.79 Å². The fraction of sp³-hybridized carbons (Fsp3) is 0.833. The summed E-state index contributed by atoms with van der Waals surface area (Å²) in [6.45, 7) is 2.34. The smallest absolute Gasteiger partial charge is 0.326 e. The number of likely N-dealkylation sites (tertiary alicyclic amines) is 1. The van der Waals surface area contributed by atoms with Crippen molar-refractivity contribution in [3.05, 3.63) is 0 Å². The molecule has 0 bridgehead atoms. The second-order valence-corrected chi connectivity index (χ2v) is 5.44. The number of carboxylic acids is 1. The summed E-state index contributed by atoms with van der Waals surface area (Å²) in [6, 6.07) is -1.07. The molecule has 0 radical (unpaired) electrons. The molecule has 2 amide bonds. The molecular weight excluding hydrogens is 236 g/mol. The quantitative estimate of drug-likeness (QED) is 0.783. The first-order valence-corrected chi connectivity index (χ1v) is 6.29. The molecule has 1 saturated carbocycles. The van der Waals surface area contributed by atoms with E-state index in [4.69, 9.17) is 9.84 Å². The average molecular weight is 256 g/mol. The molecule has 0 aromatic carbocycles. The molecule has 0 spiro atoms. The molecule has 1 heterocycles. The number of carbonyl (C=O) groups is 2. The third-order valence-electron chi connectivity index (χ3n) is 4.01. The van der Waals surface area contributed by atoms with Crippen LogP contribution in [0, 0.1) is 0 Å². The Morgan fingerprint density at radius 3 is 2.56 bits per heavy atom. The van der Waals surface area contributed by atoms with Crippen LogP contribution in [0.2, 0.25) is 0 Å². The zero-order chi connectivity index (χ0) is 13.3. The van der Waals surface area contributed by atoms with Crippen molar-refractivity contribution in [2.24, 2.45) is 0 Å². The molecule has 2 aliphatic rings. The van der Waals surface area contributed by atoms with E-state index in [1.54, 1.807) is 0 Å². The van der Waals surface area contributed by atoms with Gasteiger partial charge < -0.3 is 20.1 Å². The summed E-state index contributed by atoms with van der Waals surface area (Å²) >= 11 is 0. The lowest BCUT2D eigenvalue weighted by molar-refractivity contribution is -0.141. The van der Waals surface area contributed by atoms with Crippen molar-refractivity contribution in [3.8, 4) is 0 Å². The second-order valence-electron chi connectivity index (χ2n) is 5.44. The number of nitrogens with one attached hydrogen (secondary N) is 1. The summed E-state index contributed by atoms with van der Waals surface area (Å²) < 4.78 is 5.16. The molecule has 1 aliphatic heterocycles. The van der Waals surface area contributed by atoms with Crippen LogP contribution in [0.1, 0.15) is 32.6 Å².